The van der Waals surface area contributed by atoms with Crippen LogP contribution in [0.4, 0.5) is 0 Å². The topological polar surface area (TPSA) is 29.5 Å². The van der Waals surface area contributed by atoms with Crippen molar-refractivity contribution in [1.29, 1.82) is 0 Å². The summed E-state index contributed by atoms with van der Waals surface area (Å²) in [5.41, 5.74) is 0. The number of hydrogen-bond acceptors (Lipinski definition) is 3. The number of thiophene rings is 1. The van der Waals surface area contributed by atoms with Crippen molar-refractivity contribution in [2.45, 2.75) is 12.8 Å². The minimum atomic E-state index is 0.0867. The number of carbonyl (C=O) groups excluding carboxylic acids is 1. The zero-order valence-corrected chi connectivity index (χ0v) is 13.5. The Labute approximate surface area is 134 Å². The van der Waals surface area contributed by atoms with Gasteiger partial charge in [-0.25, -0.2) is 0 Å². The smallest absolute Gasteiger partial charge is 0.263 e. The van der Waals surface area contributed by atoms with Crippen LogP contribution in [0.5, 0.6) is 5.75 Å². The van der Waals surface area contributed by atoms with Gasteiger partial charge in [-0.05, 0) is 48.6 Å². The summed E-state index contributed by atoms with van der Waals surface area (Å²) in [5.74, 6) is 0.908. The van der Waals surface area contributed by atoms with Gasteiger partial charge in [0.2, 0.25) is 0 Å². The normalized spacial score (nSPS) is 10.4. The van der Waals surface area contributed by atoms with Gasteiger partial charge in [0.25, 0.3) is 5.91 Å². The first-order chi connectivity index (χ1) is 10.2. The van der Waals surface area contributed by atoms with Gasteiger partial charge >= 0.3 is 0 Å². The molecule has 5 heteroatoms. The maximum absolute atomic E-state index is 12.0. The lowest BCUT2D eigenvalue weighted by Crippen LogP contribution is -2.27. The summed E-state index contributed by atoms with van der Waals surface area (Å²) in [5, 5.41) is 2.62. The van der Waals surface area contributed by atoms with Crippen molar-refractivity contribution >= 4 is 28.8 Å². The number of halogens is 1. The molecule has 0 radical (unpaired) electrons. The van der Waals surface area contributed by atoms with Crippen LogP contribution in [-0.4, -0.2) is 31.0 Å². The molecule has 0 bridgehead atoms. The van der Waals surface area contributed by atoms with Crippen LogP contribution in [0.2, 0.25) is 5.02 Å². The summed E-state index contributed by atoms with van der Waals surface area (Å²) in [6.45, 7) is 1.38. The van der Waals surface area contributed by atoms with Crippen LogP contribution >= 0.6 is 22.9 Å². The van der Waals surface area contributed by atoms with Crippen LogP contribution in [0, 0.1) is 0 Å². The summed E-state index contributed by atoms with van der Waals surface area (Å²) in [6.07, 6.45) is 1.83. The van der Waals surface area contributed by atoms with E-state index in [9.17, 15) is 4.79 Å². The third-order valence-electron chi connectivity index (χ3n) is 3.05. The van der Waals surface area contributed by atoms with E-state index in [0.717, 1.165) is 30.0 Å². The Bertz CT molecular complexity index is 554. The molecule has 0 aliphatic heterocycles. The van der Waals surface area contributed by atoms with E-state index in [1.165, 1.54) is 11.3 Å². The van der Waals surface area contributed by atoms with Gasteiger partial charge in [-0.1, -0.05) is 17.7 Å². The highest BCUT2D eigenvalue weighted by Gasteiger charge is 2.11. The van der Waals surface area contributed by atoms with E-state index in [1.54, 1.807) is 4.90 Å². The van der Waals surface area contributed by atoms with Gasteiger partial charge in [0.05, 0.1) is 11.5 Å². The molecule has 0 saturated carbocycles. The second-order valence-corrected chi connectivity index (χ2v) is 6.10. The molecule has 2 aromatic rings. The van der Waals surface area contributed by atoms with Crippen LogP contribution < -0.4 is 4.74 Å². The highest BCUT2D eigenvalue weighted by molar-refractivity contribution is 7.12. The molecular weight excluding hydrogens is 306 g/mol. The van der Waals surface area contributed by atoms with Crippen molar-refractivity contribution in [1.82, 2.24) is 4.90 Å². The largest absolute Gasteiger partial charge is 0.494 e. The van der Waals surface area contributed by atoms with E-state index < -0.39 is 0 Å². The Hall–Kier alpha value is -1.52. The molecule has 1 aromatic carbocycles. The van der Waals surface area contributed by atoms with Crippen LogP contribution in [-0.2, 0) is 0 Å². The van der Waals surface area contributed by atoms with Crippen LogP contribution in [0.1, 0.15) is 22.5 Å². The molecule has 3 nitrogen and oxygen atoms in total. The van der Waals surface area contributed by atoms with Gasteiger partial charge < -0.3 is 9.64 Å². The minimum absolute atomic E-state index is 0.0867. The van der Waals surface area contributed by atoms with Gasteiger partial charge in [-0.15, -0.1) is 11.3 Å². The molecule has 0 atom stereocenters. The molecule has 1 aromatic heterocycles. The molecule has 0 fully saturated rings. The fourth-order valence-electron chi connectivity index (χ4n) is 1.86. The first-order valence-corrected chi connectivity index (χ1v) is 8.10. The summed E-state index contributed by atoms with van der Waals surface area (Å²) < 4.78 is 5.62. The Kier molecular flexibility index (Phi) is 6.08. The van der Waals surface area contributed by atoms with Crippen molar-refractivity contribution in [2.24, 2.45) is 0 Å². The summed E-state index contributed by atoms with van der Waals surface area (Å²) in [7, 11) is 1.84. The molecule has 1 heterocycles. The van der Waals surface area contributed by atoms with E-state index in [-0.39, 0.29) is 5.91 Å². The number of unbranched alkanes of at least 4 members (excludes halogenated alkanes) is 1. The Morgan fingerprint density at radius 2 is 2.00 bits per heavy atom. The average Bonchev–Trinajstić information content (AvgIpc) is 3.02. The molecular formula is C16H18ClNO2S. The van der Waals surface area contributed by atoms with E-state index in [0.29, 0.717) is 11.6 Å². The molecule has 21 heavy (non-hydrogen) atoms. The molecule has 0 unspecified atom stereocenters. The molecule has 2 rings (SSSR count). The quantitative estimate of drug-likeness (QED) is 0.710. The Balaban J connectivity index is 1.63. The van der Waals surface area contributed by atoms with Crippen LogP contribution in [0.15, 0.2) is 41.8 Å². The average molecular weight is 324 g/mol. The molecule has 112 valence electrons. The number of hydrogen-bond donors (Lipinski definition) is 0. The highest BCUT2D eigenvalue weighted by atomic mass is 35.5. The van der Waals surface area contributed by atoms with Crippen molar-refractivity contribution in [3.8, 4) is 5.75 Å². The zero-order chi connectivity index (χ0) is 15.1. The van der Waals surface area contributed by atoms with E-state index >= 15 is 0 Å². The summed E-state index contributed by atoms with van der Waals surface area (Å²) in [4.78, 5) is 14.6. The second-order valence-electron chi connectivity index (χ2n) is 4.71. The third kappa shape index (κ3) is 5.06. The molecule has 0 saturated heterocycles. The van der Waals surface area contributed by atoms with Crippen LogP contribution in [0.25, 0.3) is 0 Å². The van der Waals surface area contributed by atoms with Gasteiger partial charge in [0.15, 0.2) is 0 Å². The SMILES string of the molecule is CN(CCCCOc1ccc(Cl)cc1)C(=O)c1cccs1. The maximum Gasteiger partial charge on any atom is 0.263 e. The highest BCUT2D eigenvalue weighted by Crippen LogP contribution is 2.16. The number of rotatable bonds is 7. The number of amides is 1. The fourth-order valence-corrected chi connectivity index (χ4v) is 2.71. The number of benzene rings is 1. The predicted molar refractivity (Wildman–Crippen MR) is 87.5 cm³/mol. The lowest BCUT2D eigenvalue weighted by molar-refractivity contribution is 0.0795. The molecule has 0 N–H and O–H groups in total. The fraction of sp³-hybridized carbons (Fsp3) is 0.312. The Morgan fingerprint density at radius 3 is 2.67 bits per heavy atom. The van der Waals surface area contributed by atoms with Crippen molar-refractivity contribution in [3.05, 3.63) is 51.7 Å². The molecule has 0 aliphatic carbocycles. The monoisotopic (exact) mass is 323 g/mol. The van der Waals surface area contributed by atoms with E-state index in [4.69, 9.17) is 16.3 Å². The maximum atomic E-state index is 12.0. The summed E-state index contributed by atoms with van der Waals surface area (Å²) >= 11 is 7.28. The molecule has 0 spiro atoms. The number of carbonyl (C=O) groups is 1. The van der Waals surface area contributed by atoms with Gasteiger partial charge in [0, 0.05) is 18.6 Å². The standard InChI is InChI=1S/C16H18ClNO2S/c1-18(16(19)15-5-4-12-21-15)10-2-3-11-20-14-8-6-13(17)7-9-14/h4-9,12H,2-3,10-11H2,1H3. The Morgan fingerprint density at radius 1 is 1.24 bits per heavy atom. The lowest BCUT2D eigenvalue weighted by atomic mass is 10.3. The van der Waals surface area contributed by atoms with Crippen molar-refractivity contribution in [2.75, 3.05) is 20.2 Å². The predicted octanol–water partition coefficient (Wildman–Crippen LogP) is 4.33. The first-order valence-electron chi connectivity index (χ1n) is 6.84. The first kappa shape index (κ1) is 15.9. The third-order valence-corrected chi connectivity index (χ3v) is 4.16. The number of nitrogens with zero attached hydrogens (tertiary/aromatic N) is 1. The second kappa shape index (κ2) is 8.05. The lowest BCUT2D eigenvalue weighted by Gasteiger charge is -2.16. The van der Waals surface area contributed by atoms with Crippen molar-refractivity contribution in [3.63, 3.8) is 0 Å². The van der Waals surface area contributed by atoms with Crippen molar-refractivity contribution < 1.29 is 9.53 Å². The van der Waals surface area contributed by atoms with Gasteiger partial charge in [-0.2, -0.15) is 0 Å². The van der Waals surface area contributed by atoms with E-state index in [1.807, 2.05) is 48.8 Å². The molecule has 0 aliphatic rings. The van der Waals surface area contributed by atoms with Gasteiger partial charge in [0.1, 0.15) is 5.75 Å². The molecule has 1 amide bonds. The number of ether oxygens (including phenoxy) is 1. The van der Waals surface area contributed by atoms with Crippen LogP contribution in [0.3, 0.4) is 0 Å². The van der Waals surface area contributed by atoms with E-state index in [2.05, 4.69) is 0 Å². The van der Waals surface area contributed by atoms with Gasteiger partial charge in [-0.3, -0.25) is 4.79 Å². The minimum Gasteiger partial charge on any atom is -0.494 e. The zero-order valence-electron chi connectivity index (χ0n) is 11.9. The summed E-state index contributed by atoms with van der Waals surface area (Å²) in [6, 6.07) is 11.1.